The third-order valence-electron chi connectivity index (χ3n) is 3.47. The second-order valence-corrected chi connectivity index (χ2v) is 7.10. The van der Waals surface area contributed by atoms with Gasteiger partial charge in [-0.25, -0.2) is 0 Å². The van der Waals surface area contributed by atoms with Crippen molar-refractivity contribution in [3.05, 3.63) is 57.7 Å². The van der Waals surface area contributed by atoms with Gasteiger partial charge in [-0.05, 0) is 50.6 Å². The summed E-state index contributed by atoms with van der Waals surface area (Å²) >= 11 is 18.3. The first kappa shape index (κ1) is 17.4. The van der Waals surface area contributed by atoms with E-state index < -0.39 is 0 Å². The van der Waals surface area contributed by atoms with Crippen molar-refractivity contribution in [3.63, 3.8) is 0 Å². The number of hydrazone groups is 1. The zero-order valence-corrected chi connectivity index (χ0v) is 15.1. The number of hydrogen-bond donors (Lipinski definition) is 0. The van der Waals surface area contributed by atoms with Crippen LogP contribution in [-0.4, -0.2) is 16.1 Å². The minimum atomic E-state index is -0.170. The van der Waals surface area contributed by atoms with Crippen molar-refractivity contribution in [1.82, 2.24) is 5.01 Å². The van der Waals surface area contributed by atoms with E-state index in [4.69, 9.17) is 34.8 Å². The van der Waals surface area contributed by atoms with Crippen LogP contribution in [0.3, 0.4) is 0 Å². The van der Waals surface area contributed by atoms with Crippen LogP contribution in [0.2, 0.25) is 5.02 Å². The summed E-state index contributed by atoms with van der Waals surface area (Å²) in [5.74, 6) is 0. The van der Waals surface area contributed by atoms with Crippen LogP contribution in [0.1, 0.15) is 38.8 Å². The van der Waals surface area contributed by atoms with Crippen LogP contribution in [0, 0.1) is 0 Å². The predicted octanol–water partition coefficient (Wildman–Crippen LogP) is 6.12. The Morgan fingerprint density at radius 3 is 2.50 bits per heavy atom. The molecule has 1 aliphatic rings. The second kappa shape index (κ2) is 7.54. The summed E-state index contributed by atoms with van der Waals surface area (Å²) in [6.07, 6.45) is 4.65. The van der Waals surface area contributed by atoms with Crippen LogP contribution >= 0.6 is 34.8 Å². The lowest BCUT2D eigenvalue weighted by Gasteiger charge is -2.28. The molecule has 22 heavy (non-hydrogen) atoms. The number of alkyl halides is 1. The Hall–Kier alpha value is -0.960. The topological polar surface area (TPSA) is 15.6 Å². The average molecular weight is 358 g/mol. The molecule has 0 aliphatic carbocycles. The highest BCUT2D eigenvalue weighted by molar-refractivity contribution is 6.30. The standard InChI is InChI=1S/C17H19Cl3N2/c1-11(18)4-9-16(13(3)19)22-17(10-12(2)21-22)14-5-7-15(20)8-6-14/h4-9,13,17H,10H2,1-3H3/b11-4+,16-9+. The molecule has 1 aromatic carbocycles. The summed E-state index contributed by atoms with van der Waals surface area (Å²) < 4.78 is 0. The molecule has 1 aromatic rings. The molecule has 5 heteroatoms. The van der Waals surface area contributed by atoms with Crippen molar-refractivity contribution in [2.24, 2.45) is 5.10 Å². The Kier molecular flexibility index (Phi) is 5.96. The molecule has 2 unspecified atom stereocenters. The molecule has 1 aliphatic heterocycles. The Morgan fingerprint density at radius 2 is 1.95 bits per heavy atom. The fourth-order valence-electron chi connectivity index (χ4n) is 2.43. The maximum atomic E-state index is 6.36. The second-order valence-electron chi connectivity index (χ2n) is 5.41. The van der Waals surface area contributed by atoms with Gasteiger partial charge in [0.25, 0.3) is 0 Å². The van der Waals surface area contributed by atoms with E-state index in [9.17, 15) is 0 Å². The van der Waals surface area contributed by atoms with Gasteiger partial charge in [-0.3, -0.25) is 5.01 Å². The number of nitrogens with zero attached hydrogens (tertiary/aromatic N) is 2. The van der Waals surface area contributed by atoms with Crippen molar-refractivity contribution in [2.75, 3.05) is 0 Å². The first-order valence-electron chi connectivity index (χ1n) is 7.15. The van der Waals surface area contributed by atoms with Gasteiger partial charge in [-0.15, -0.1) is 11.6 Å². The van der Waals surface area contributed by atoms with Crippen molar-refractivity contribution < 1.29 is 0 Å². The lowest BCUT2D eigenvalue weighted by molar-refractivity contribution is 0.293. The Balaban J connectivity index is 2.38. The molecular formula is C17H19Cl3N2. The lowest BCUT2D eigenvalue weighted by atomic mass is 10.0. The molecule has 0 aromatic heterocycles. The van der Waals surface area contributed by atoms with Gasteiger partial charge in [0.1, 0.15) is 0 Å². The van der Waals surface area contributed by atoms with E-state index in [1.165, 1.54) is 5.56 Å². The van der Waals surface area contributed by atoms with Gasteiger partial charge in [0.2, 0.25) is 0 Å². The van der Waals surface area contributed by atoms with E-state index in [-0.39, 0.29) is 11.4 Å². The highest BCUT2D eigenvalue weighted by Crippen LogP contribution is 2.36. The minimum absolute atomic E-state index is 0.133. The van der Waals surface area contributed by atoms with Crippen LogP contribution in [0.25, 0.3) is 0 Å². The predicted molar refractivity (Wildman–Crippen MR) is 96.8 cm³/mol. The summed E-state index contributed by atoms with van der Waals surface area (Å²) in [6, 6.07) is 8.01. The van der Waals surface area contributed by atoms with Gasteiger partial charge in [-0.2, -0.15) is 5.10 Å². The first-order chi connectivity index (χ1) is 10.4. The molecule has 0 fully saturated rings. The summed E-state index contributed by atoms with van der Waals surface area (Å²) in [5, 5.41) is 7.92. The van der Waals surface area contributed by atoms with Gasteiger partial charge >= 0.3 is 0 Å². The fourth-order valence-corrected chi connectivity index (χ4v) is 2.80. The summed E-state index contributed by atoms with van der Waals surface area (Å²) in [5.41, 5.74) is 3.17. The van der Waals surface area contributed by atoms with Crippen molar-refractivity contribution in [1.29, 1.82) is 0 Å². The van der Waals surface area contributed by atoms with Gasteiger partial charge in [0.05, 0.1) is 17.1 Å². The van der Waals surface area contributed by atoms with Crippen LogP contribution in [0.4, 0.5) is 0 Å². The van der Waals surface area contributed by atoms with Gasteiger partial charge in [0, 0.05) is 22.2 Å². The fraction of sp³-hybridized carbons (Fsp3) is 0.353. The molecule has 2 nitrogen and oxygen atoms in total. The maximum absolute atomic E-state index is 6.36. The normalized spacial score (nSPS) is 21.1. The lowest BCUT2D eigenvalue weighted by Crippen LogP contribution is -2.23. The quantitative estimate of drug-likeness (QED) is 0.468. The van der Waals surface area contributed by atoms with Crippen LogP contribution in [0.5, 0.6) is 0 Å². The molecule has 0 radical (unpaired) electrons. The van der Waals surface area contributed by atoms with E-state index in [1.807, 2.05) is 62.2 Å². The Morgan fingerprint density at radius 1 is 1.32 bits per heavy atom. The average Bonchev–Trinajstić information content (AvgIpc) is 2.81. The van der Waals surface area contributed by atoms with E-state index in [2.05, 4.69) is 5.10 Å². The molecule has 0 amide bonds. The molecule has 2 rings (SSSR count). The molecule has 2 atom stereocenters. The SMILES string of the molecule is CC1=NN(/C(=C/C=C(\C)Cl)C(C)Cl)C(c2ccc(Cl)cc2)C1. The van der Waals surface area contributed by atoms with Crippen LogP contribution in [0.15, 0.2) is 52.2 Å². The molecule has 0 saturated heterocycles. The first-order valence-corrected chi connectivity index (χ1v) is 8.34. The van der Waals surface area contributed by atoms with Gasteiger partial charge in [-0.1, -0.05) is 35.3 Å². The van der Waals surface area contributed by atoms with E-state index in [1.54, 1.807) is 0 Å². The molecule has 118 valence electrons. The van der Waals surface area contributed by atoms with E-state index >= 15 is 0 Å². The van der Waals surface area contributed by atoms with Crippen molar-refractivity contribution in [3.8, 4) is 0 Å². The largest absolute Gasteiger partial charge is 0.260 e. The summed E-state index contributed by atoms with van der Waals surface area (Å²) in [4.78, 5) is 0. The molecule has 1 heterocycles. The van der Waals surface area contributed by atoms with Crippen LogP contribution < -0.4 is 0 Å². The number of halogens is 3. The highest BCUT2D eigenvalue weighted by Gasteiger charge is 2.30. The van der Waals surface area contributed by atoms with Crippen LogP contribution in [-0.2, 0) is 0 Å². The number of allylic oxidation sites excluding steroid dienone is 4. The zero-order chi connectivity index (χ0) is 16.3. The number of rotatable bonds is 4. The van der Waals surface area contributed by atoms with Crippen molar-refractivity contribution in [2.45, 2.75) is 38.6 Å². The highest BCUT2D eigenvalue weighted by atomic mass is 35.5. The molecule has 0 bridgehead atoms. The smallest absolute Gasteiger partial charge is 0.0824 e. The summed E-state index contributed by atoms with van der Waals surface area (Å²) in [6.45, 7) is 5.80. The van der Waals surface area contributed by atoms with Gasteiger partial charge < -0.3 is 0 Å². The molecular weight excluding hydrogens is 339 g/mol. The number of benzene rings is 1. The molecule has 0 N–H and O–H groups in total. The number of hydrogen-bond acceptors (Lipinski definition) is 2. The third kappa shape index (κ3) is 4.28. The minimum Gasteiger partial charge on any atom is -0.260 e. The summed E-state index contributed by atoms with van der Waals surface area (Å²) in [7, 11) is 0. The van der Waals surface area contributed by atoms with E-state index in [0.29, 0.717) is 5.03 Å². The Labute approximate surface area is 147 Å². The zero-order valence-electron chi connectivity index (χ0n) is 12.9. The maximum Gasteiger partial charge on any atom is 0.0824 e. The Bertz CT molecular complexity index is 611. The van der Waals surface area contributed by atoms with E-state index in [0.717, 1.165) is 22.9 Å². The van der Waals surface area contributed by atoms with Crippen molar-refractivity contribution >= 4 is 40.5 Å². The molecule has 0 saturated carbocycles. The van der Waals surface area contributed by atoms with Gasteiger partial charge in [0.15, 0.2) is 0 Å². The molecule has 0 spiro atoms. The monoisotopic (exact) mass is 356 g/mol. The third-order valence-corrected chi connectivity index (χ3v) is 4.07.